The van der Waals surface area contributed by atoms with E-state index in [1.54, 1.807) is 60.9 Å². The molecule has 0 spiro atoms. The molecule has 13 heteroatoms. The fourth-order valence-electron chi connectivity index (χ4n) is 6.32. The van der Waals surface area contributed by atoms with E-state index in [1.807, 2.05) is 75.2 Å². The first-order valence-electron chi connectivity index (χ1n) is 19.5. The second-order valence-corrected chi connectivity index (χ2v) is 16.0. The number of Topliss-reactive ketones (excluding diaryl/α,β-unsaturated/α-hetero) is 1. The van der Waals surface area contributed by atoms with E-state index in [1.165, 1.54) is 0 Å². The molecular formula is C48H49Cl2N7O4. The lowest BCUT2D eigenvalue weighted by Crippen LogP contribution is -2.37. The number of rotatable bonds is 11. The zero-order valence-corrected chi connectivity index (χ0v) is 36.3. The molecular weight excluding hydrogens is 809 g/mol. The van der Waals surface area contributed by atoms with Gasteiger partial charge in [0.05, 0.1) is 23.3 Å². The van der Waals surface area contributed by atoms with E-state index in [9.17, 15) is 19.8 Å². The Morgan fingerprint density at radius 3 is 1.79 bits per heavy atom. The van der Waals surface area contributed by atoms with Crippen LogP contribution in [0.2, 0.25) is 10.0 Å². The minimum absolute atomic E-state index is 0.00413. The summed E-state index contributed by atoms with van der Waals surface area (Å²) in [5.41, 5.74) is 16.8. The van der Waals surface area contributed by atoms with Crippen molar-refractivity contribution in [1.29, 1.82) is 0 Å². The summed E-state index contributed by atoms with van der Waals surface area (Å²) < 4.78 is 0. The molecule has 2 aromatic heterocycles. The number of benzene rings is 4. The first kappa shape index (κ1) is 46.1. The van der Waals surface area contributed by atoms with E-state index in [-0.39, 0.29) is 18.2 Å². The zero-order valence-electron chi connectivity index (χ0n) is 34.8. The number of aryl methyl sites for hydroxylation is 1. The Morgan fingerprint density at radius 1 is 0.705 bits per heavy atom. The third kappa shape index (κ3) is 13.2. The molecule has 11 nitrogen and oxygen atoms in total. The fourth-order valence-corrected chi connectivity index (χ4v) is 6.66. The number of carbonyl (C=O) groups excluding carboxylic acids is 2. The molecule has 4 aromatic carbocycles. The number of aromatic nitrogens is 2. The van der Waals surface area contributed by atoms with Crippen LogP contribution < -0.4 is 16.8 Å². The lowest BCUT2D eigenvalue weighted by molar-refractivity contribution is 0.0891. The Kier molecular flexibility index (Phi) is 16.2. The third-order valence-corrected chi connectivity index (χ3v) is 9.95. The van der Waals surface area contributed by atoms with E-state index >= 15 is 0 Å². The van der Waals surface area contributed by atoms with Gasteiger partial charge in [-0.2, -0.15) is 0 Å². The van der Waals surface area contributed by atoms with E-state index in [0.29, 0.717) is 75.4 Å². The highest BCUT2D eigenvalue weighted by atomic mass is 35.5. The number of ketones is 1. The number of aliphatic hydroxyl groups excluding tert-OH is 2. The van der Waals surface area contributed by atoms with Crippen LogP contribution in [0.1, 0.15) is 61.4 Å². The maximum absolute atomic E-state index is 12.5. The molecule has 0 radical (unpaired) electrons. The SMILES string of the molecule is CN(C)CC(O)CCC(=O)c1ccc(C#Cc2c(N)ncc3ccc(Cl)cc23)cc1.Cc1ccc(C(=O)NCC(O)CN(C)C)cc1C#Cc1c(N)ncc2ccc(Cl)cc12. The Balaban J connectivity index is 0.000000231. The lowest BCUT2D eigenvalue weighted by Gasteiger charge is -2.16. The number of pyridine rings is 2. The molecule has 61 heavy (non-hydrogen) atoms. The molecule has 0 fully saturated rings. The molecule has 1 amide bonds. The summed E-state index contributed by atoms with van der Waals surface area (Å²) >= 11 is 12.3. The maximum atomic E-state index is 12.5. The number of halogens is 2. The number of nitrogens with two attached hydrogens (primary N) is 2. The second kappa shape index (κ2) is 21.5. The zero-order chi connectivity index (χ0) is 44.2. The highest BCUT2D eigenvalue weighted by Crippen LogP contribution is 2.26. The van der Waals surface area contributed by atoms with Crippen LogP contribution in [0.25, 0.3) is 21.5 Å². The van der Waals surface area contributed by atoms with Crippen LogP contribution in [-0.4, -0.2) is 102 Å². The average Bonchev–Trinajstić information content (AvgIpc) is 3.21. The summed E-state index contributed by atoms with van der Waals surface area (Å²) in [7, 11) is 7.51. The van der Waals surface area contributed by atoms with Gasteiger partial charge in [-0.1, -0.05) is 77.2 Å². The molecule has 2 atom stereocenters. The van der Waals surface area contributed by atoms with Crippen molar-refractivity contribution in [3.63, 3.8) is 0 Å². The van der Waals surface area contributed by atoms with Gasteiger partial charge in [0, 0.05) is 92.3 Å². The number of amides is 1. The van der Waals surface area contributed by atoms with Gasteiger partial charge in [-0.15, -0.1) is 0 Å². The molecule has 314 valence electrons. The predicted octanol–water partition coefficient (Wildman–Crippen LogP) is 6.59. The molecule has 2 heterocycles. The van der Waals surface area contributed by atoms with Crippen LogP contribution in [0.4, 0.5) is 11.6 Å². The maximum Gasteiger partial charge on any atom is 0.251 e. The lowest BCUT2D eigenvalue weighted by atomic mass is 10.0. The summed E-state index contributed by atoms with van der Waals surface area (Å²) in [6.07, 6.45) is 2.97. The van der Waals surface area contributed by atoms with Crippen LogP contribution in [0.5, 0.6) is 0 Å². The van der Waals surface area contributed by atoms with Crippen molar-refractivity contribution in [2.24, 2.45) is 0 Å². The average molecular weight is 859 g/mol. The van der Waals surface area contributed by atoms with Crippen LogP contribution in [0, 0.1) is 30.6 Å². The number of nitrogen functional groups attached to an aromatic ring is 2. The van der Waals surface area contributed by atoms with Gasteiger partial charge in [0.1, 0.15) is 11.6 Å². The van der Waals surface area contributed by atoms with Crippen molar-refractivity contribution in [2.45, 2.75) is 32.0 Å². The van der Waals surface area contributed by atoms with Crippen molar-refractivity contribution in [3.05, 3.63) is 140 Å². The predicted molar refractivity (Wildman–Crippen MR) is 247 cm³/mol. The molecule has 0 aliphatic carbocycles. The van der Waals surface area contributed by atoms with E-state index in [0.717, 1.165) is 32.7 Å². The molecule has 6 rings (SSSR count). The Hall–Kier alpha value is -6.02. The van der Waals surface area contributed by atoms with Gasteiger partial charge in [-0.05, 0) is 95.6 Å². The summed E-state index contributed by atoms with van der Waals surface area (Å²) in [6.45, 7) is 3.10. The summed E-state index contributed by atoms with van der Waals surface area (Å²) in [4.78, 5) is 37.0. The first-order valence-corrected chi connectivity index (χ1v) is 20.2. The molecule has 0 saturated heterocycles. The van der Waals surface area contributed by atoms with Gasteiger partial charge in [-0.3, -0.25) is 9.59 Å². The molecule has 0 aliphatic heterocycles. The number of hydrogen-bond acceptors (Lipinski definition) is 10. The smallest absolute Gasteiger partial charge is 0.251 e. The number of likely N-dealkylation sites (N-methyl/N-ethyl adjacent to an activating group) is 2. The first-order chi connectivity index (χ1) is 29.1. The van der Waals surface area contributed by atoms with E-state index in [2.05, 4.69) is 39.0 Å². The highest BCUT2D eigenvalue weighted by Gasteiger charge is 2.13. The number of nitrogens with one attached hydrogen (secondary N) is 1. The standard InChI is InChI=1S/C24H25ClN4O2.C24H24ClN3O2/c1-15-4-5-17(24(31)28-13-20(30)14-29(2)3)10-16(15)7-9-21-22-11-19(25)8-6-18(22)12-27-23(21)26;1-28(2)15-20(29)10-12-23(30)17-6-3-16(4-7-17)5-11-21-22-13-19(25)9-8-18(22)14-27-24(21)26/h4-6,8,10-12,20,30H,13-14H2,1-3H3,(H2,26,27)(H,28,31);3-4,6-9,13-14,20,29H,10,12,15H2,1-2H3,(H2,26,27). The van der Waals surface area contributed by atoms with Crippen molar-refractivity contribution in [1.82, 2.24) is 25.1 Å². The number of anilines is 2. The van der Waals surface area contributed by atoms with Crippen molar-refractivity contribution >= 4 is 68.1 Å². The minimum Gasteiger partial charge on any atom is -0.392 e. The van der Waals surface area contributed by atoms with Gasteiger partial charge in [0.25, 0.3) is 5.91 Å². The van der Waals surface area contributed by atoms with E-state index in [4.69, 9.17) is 34.7 Å². The van der Waals surface area contributed by atoms with E-state index < -0.39 is 12.2 Å². The van der Waals surface area contributed by atoms with Crippen LogP contribution in [0.3, 0.4) is 0 Å². The number of nitrogens with zero attached hydrogens (tertiary/aromatic N) is 4. The molecule has 0 bridgehead atoms. The van der Waals surface area contributed by atoms with Crippen molar-refractivity contribution < 1.29 is 19.8 Å². The van der Waals surface area contributed by atoms with Crippen molar-refractivity contribution in [3.8, 4) is 23.7 Å². The van der Waals surface area contributed by atoms with Gasteiger partial charge < -0.3 is 36.8 Å². The molecule has 6 aromatic rings. The molecule has 0 aliphatic rings. The number of carbonyl (C=O) groups is 2. The largest absolute Gasteiger partial charge is 0.392 e. The number of hydrogen-bond donors (Lipinski definition) is 5. The summed E-state index contributed by atoms with van der Waals surface area (Å²) in [6, 6.07) is 23.4. The van der Waals surface area contributed by atoms with Gasteiger partial charge in [0.15, 0.2) is 5.78 Å². The Labute approximate surface area is 366 Å². The van der Waals surface area contributed by atoms with Gasteiger partial charge in [-0.25, -0.2) is 9.97 Å². The highest BCUT2D eigenvalue weighted by molar-refractivity contribution is 6.31. The van der Waals surface area contributed by atoms with Gasteiger partial charge in [0.2, 0.25) is 0 Å². The normalized spacial score (nSPS) is 11.9. The molecule has 0 saturated carbocycles. The topological polar surface area (TPSA) is 171 Å². The second-order valence-electron chi connectivity index (χ2n) is 15.1. The summed E-state index contributed by atoms with van der Waals surface area (Å²) in [5.74, 6) is 12.8. The number of fused-ring (bicyclic) bond motifs is 2. The summed E-state index contributed by atoms with van der Waals surface area (Å²) in [5, 5.41) is 27.3. The molecule has 7 N–H and O–H groups in total. The Bertz CT molecular complexity index is 2650. The quantitative estimate of drug-likeness (QED) is 0.0708. The van der Waals surface area contributed by atoms with Crippen LogP contribution in [-0.2, 0) is 0 Å². The van der Waals surface area contributed by atoms with Gasteiger partial charge >= 0.3 is 0 Å². The van der Waals surface area contributed by atoms with Crippen molar-refractivity contribution in [2.75, 3.05) is 59.3 Å². The molecule has 2 unspecified atom stereocenters. The van der Waals surface area contributed by atoms with Crippen LogP contribution >= 0.6 is 23.2 Å². The third-order valence-electron chi connectivity index (χ3n) is 9.48. The monoisotopic (exact) mass is 857 g/mol. The minimum atomic E-state index is -0.641. The van der Waals surface area contributed by atoms with Crippen LogP contribution in [0.15, 0.2) is 91.3 Å². The Morgan fingerprint density at radius 2 is 1.23 bits per heavy atom. The number of aliphatic hydroxyl groups is 2. The fraction of sp³-hybridized carbons (Fsp3) is 0.250.